The highest BCUT2D eigenvalue weighted by Gasteiger charge is 2.09. The number of halogens is 1. The average molecular weight is 208 g/mol. The summed E-state index contributed by atoms with van der Waals surface area (Å²) < 4.78 is 0. The van der Waals surface area contributed by atoms with Crippen molar-refractivity contribution in [3.8, 4) is 11.3 Å². The molecule has 0 atom stereocenters. The number of hydrogen-bond acceptors (Lipinski definition) is 2. The van der Waals surface area contributed by atoms with E-state index in [1.165, 1.54) is 0 Å². The zero-order valence-electron chi connectivity index (χ0n) is 7.79. The summed E-state index contributed by atoms with van der Waals surface area (Å²) in [5.41, 5.74) is 2.84. The molecule has 0 bridgehead atoms. The first-order valence-electron chi connectivity index (χ1n) is 4.46. The molecule has 0 aliphatic rings. The fourth-order valence-corrected chi connectivity index (χ4v) is 1.59. The summed E-state index contributed by atoms with van der Waals surface area (Å²) in [6.45, 7) is 2.06. The van der Waals surface area contributed by atoms with Gasteiger partial charge in [-0.1, -0.05) is 18.5 Å². The number of rotatable bonds is 2. The van der Waals surface area contributed by atoms with Gasteiger partial charge in [-0.15, -0.1) is 0 Å². The largest absolute Gasteiger partial charge is 0.282 e. The Morgan fingerprint density at radius 1 is 1.50 bits per heavy atom. The van der Waals surface area contributed by atoms with Gasteiger partial charge in [0.15, 0.2) is 0 Å². The molecule has 2 aromatic heterocycles. The van der Waals surface area contributed by atoms with E-state index in [0.717, 1.165) is 23.4 Å². The smallest absolute Gasteiger partial charge is 0.0922 e. The molecule has 0 fully saturated rings. The molecule has 0 saturated heterocycles. The Morgan fingerprint density at radius 3 is 3.07 bits per heavy atom. The predicted molar refractivity (Wildman–Crippen MR) is 56.2 cm³/mol. The summed E-state index contributed by atoms with van der Waals surface area (Å²) >= 11 is 6.04. The third-order valence-corrected chi connectivity index (χ3v) is 2.39. The van der Waals surface area contributed by atoms with Crippen LogP contribution in [0.5, 0.6) is 0 Å². The van der Waals surface area contributed by atoms with Gasteiger partial charge in [-0.2, -0.15) is 5.10 Å². The zero-order chi connectivity index (χ0) is 9.97. The van der Waals surface area contributed by atoms with E-state index in [9.17, 15) is 0 Å². The molecule has 0 radical (unpaired) electrons. The molecule has 0 aromatic carbocycles. The molecule has 0 spiro atoms. The van der Waals surface area contributed by atoms with Crippen molar-refractivity contribution < 1.29 is 0 Å². The van der Waals surface area contributed by atoms with Gasteiger partial charge in [0.05, 0.1) is 16.9 Å². The quantitative estimate of drug-likeness (QED) is 0.823. The van der Waals surface area contributed by atoms with Crippen molar-refractivity contribution in [2.75, 3.05) is 0 Å². The van der Waals surface area contributed by atoms with Crippen LogP contribution in [0.1, 0.15) is 12.6 Å². The molecule has 2 heterocycles. The Hall–Kier alpha value is -1.35. The van der Waals surface area contributed by atoms with Gasteiger partial charge in [0.1, 0.15) is 0 Å². The van der Waals surface area contributed by atoms with Crippen molar-refractivity contribution in [1.29, 1.82) is 0 Å². The van der Waals surface area contributed by atoms with Gasteiger partial charge in [0.2, 0.25) is 0 Å². The summed E-state index contributed by atoms with van der Waals surface area (Å²) in [4.78, 5) is 4.24. The van der Waals surface area contributed by atoms with E-state index in [2.05, 4.69) is 22.1 Å². The molecule has 2 aromatic rings. The summed E-state index contributed by atoms with van der Waals surface area (Å²) in [7, 11) is 0. The highest BCUT2D eigenvalue weighted by atomic mass is 35.5. The first-order chi connectivity index (χ1) is 6.83. The van der Waals surface area contributed by atoms with Crippen LogP contribution in [0.2, 0.25) is 5.02 Å². The lowest BCUT2D eigenvalue weighted by Gasteiger charge is -2.01. The van der Waals surface area contributed by atoms with Crippen molar-refractivity contribution >= 4 is 11.6 Å². The first-order valence-corrected chi connectivity index (χ1v) is 4.84. The van der Waals surface area contributed by atoms with E-state index in [-0.39, 0.29) is 0 Å². The van der Waals surface area contributed by atoms with Crippen LogP contribution in [0.4, 0.5) is 0 Å². The molecule has 4 heteroatoms. The summed E-state index contributed by atoms with van der Waals surface area (Å²) in [6.07, 6.45) is 4.38. The maximum Gasteiger partial charge on any atom is 0.0922 e. The number of aryl methyl sites for hydroxylation is 1. The van der Waals surface area contributed by atoms with Gasteiger partial charge in [-0.05, 0) is 18.6 Å². The van der Waals surface area contributed by atoms with Crippen molar-refractivity contribution in [3.05, 3.63) is 35.2 Å². The highest BCUT2D eigenvalue weighted by Crippen LogP contribution is 2.26. The lowest BCUT2D eigenvalue weighted by molar-refractivity contribution is 0.975. The normalized spacial score (nSPS) is 10.4. The third kappa shape index (κ3) is 1.51. The monoisotopic (exact) mass is 207 g/mol. The van der Waals surface area contributed by atoms with E-state index < -0.39 is 0 Å². The van der Waals surface area contributed by atoms with E-state index in [1.807, 2.05) is 12.1 Å². The number of nitrogens with zero attached hydrogens (tertiary/aromatic N) is 2. The van der Waals surface area contributed by atoms with Gasteiger partial charge >= 0.3 is 0 Å². The van der Waals surface area contributed by atoms with Gasteiger partial charge in [-0.25, -0.2) is 0 Å². The van der Waals surface area contributed by atoms with Crippen LogP contribution >= 0.6 is 11.6 Å². The Balaban J connectivity index is 2.54. The molecule has 0 saturated carbocycles. The van der Waals surface area contributed by atoms with E-state index >= 15 is 0 Å². The minimum absolute atomic E-state index is 0.656. The second kappa shape index (κ2) is 3.80. The Labute approximate surface area is 87.1 Å². The second-order valence-electron chi connectivity index (χ2n) is 2.95. The minimum atomic E-state index is 0.656. The van der Waals surface area contributed by atoms with Crippen molar-refractivity contribution in [3.63, 3.8) is 0 Å². The van der Waals surface area contributed by atoms with Crippen LogP contribution in [0.25, 0.3) is 11.3 Å². The van der Waals surface area contributed by atoms with Crippen LogP contribution in [-0.4, -0.2) is 15.2 Å². The van der Waals surface area contributed by atoms with E-state index in [0.29, 0.717) is 5.02 Å². The maximum absolute atomic E-state index is 6.04. The van der Waals surface area contributed by atoms with Crippen molar-refractivity contribution in [1.82, 2.24) is 15.2 Å². The van der Waals surface area contributed by atoms with Crippen LogP contribution < -0.4 is 0 Å². The molecule has 0 amide bonds. The lowest BCUT2D eigenvalue weighted by atomic mass is 10.1. The Morgan fingerprint density at radius 2 is 2.36 bits per heavy atom. The number of aromatic amines is 1. The second-order valence-corrected chi connectivity index (χ2v) is 3.36. The fraction of sp³-hybridized carbons (Fsp3) is 0.200. The Kier molecular flexibility index (Phi) is 2.50. The number of pyridine rings is 1. The van der Waals surface area contributed by atoms with E-state index in [1.54, 1.807) is 12.4 Å². The van der Waals surface area contributed by atoms with Crippen molar-refractivity contribution in [2.45, 2.75) is 13.3 Å². The van der Waals surface area contributed by atoms with E-state index in [4.69, 9.17) is 11.6 Å². The van der Waals surface area contributed by atoms with Crippen LogP contribution in [0.15, 0.2) is 24.5 Å². The highest BCUT2D eigenvalue weighted by molar-refractivity contribution is 6.33. The fourth-order valence-electron chi connectivity index (χ4n) is 1.37. The SMILES string of the molecule is CCc1[nH]ncc1-c1ncccc1Cl. The summed E-state index contributed by atoms with van der Waals surface area (Å²) in [6, 6.07) is 3.65. The molecule has 72 valence electrons. The van der Waals surface area contributed by atoms with Crippen LogP contribution in [0.3, 0.4) is 0 Å². The molecular weight excluding hydrogens is 198 g/mol. The Bertz CT molecular complexity index is 436. The molecule has 0 aliphatic carbocycles. The summed E-state index contributed by atoms with van der Waals surface area (Å²) in [5, 5.41) is 7.58. The topological polar surface area (TPSA) is 41.6 Å². The van der Waals surface area contributed by atoms with Gasteiger partial charge < -0.3 is 0 Å². The standard InChI is InChI=1S/C10H10ClN3/c1-2-9-7(6-13-14-9)10-8(11)4-3-5-12-10/h3-6H,2H2,1H3,(H,13,14). The number of nitrogens with one attached hydrogen (secondary N) is 1. The number of aromatic nitrogens is 3. The zero-order valence-corrected chi connectivity index (χ0v) is 8.54. The van der Waals surface area contributed by atoms with Gasteiger partial charge in [0.25, 0.3) is 0 Å². The molecule has 0 aliphatic heterocycles. The van der Waals surface area contributed by atoms with Crippen molar-refractivity contribution in [2.24, 2.45) is 0 Å². The minimum Gasteiger partial charge on any atom is -0.282 e. The molecule has 1 N–H and O–H groups in total. The van der Waals surface area contributed by atoms with Crippen LogP contribution in [0, 0.1) is 0 Å². The molecular formula is C10H10ClN3. The summed E-state index contributed by atoms with van der Waals surface area (Å²) in [5.74, 6) is 0. The molecule has 0 unspecified atom stereocenters. The number of H-pyrrole nitrogens is 1. The average Bonchev–Trinajstić information content (AvgIpc) is 2.66. The molecule has 3 nitrogen and oxygen atoms in total. The van der Waals surface area contributed by atoms with Crippen LogP contribution in [-0.2, 0) is 6.42 Å². The molecule has 2 rings (SSSR count). The molecule has 14 heavy (non-hydrogen) atoms. The van der Waals surface area contributed by atoms with Gasteiger partial charge in [-0.3, -0.25) is 10.1 Å². The number of hydrogen-bond donors (Lipinski definition) is 1. The van der Waals surface area contributed by atoms with Gasteiger partial charge in [0, 0.05) is 17.5 Å². The predicted octanol–water partition coefficient (Wildman–Crippen LogP) is 2.69. The third-order valence-electron chi connectivity index (χ3n) is 2.09. The lowest BCUT2D eigenvalue weighted by Crippen LogP contribution is -1.88. The maximum atomic E-state index is 6.04. The first kappa shape index (κ1) is 9.21.